The van der Waals surface area contributed by atoms with Gasteiger partial charge in [-0.25, -0.2) is 0 Å². The van der Waals surface area contributed by atoms with E-state index in [2.05, 4.69) is 15.5 Å². The van der Waals surface area contributed by atoms with Crippen molar-refractivity contribution in [1.29, 1.82) is 0 Å². The van der Waals surface area contributed by atoms with E-state index in [1.165, 1.54) is 0 Å². The summed E-state index contributed by atoms with van der Waals surface area (Å²) in [5.41, 5.74) is 1.68. The molecule has 2 N–H and O–H groups in total. The van der Waals surface area contributed by atoms with Crippen molar-refractivity contribution < 1.29 is 9.53 Å². The van der Waals surface area contributed by atoms with Crippen molar-refractivity contribution in [3.8, 4) is 17.1 Å². The Bertz CT molecular complexity index is 1030. The van der Waals surface area contributed by atoms with E-state index >= 15 is 0 Å². The van der Waals surface area contributed by atoms with Crippen LogP contribution in [0.1, 0.15) is 12.0 Å². The quantitative estimate of drug-likeness (QED) is 0.529. The highest BCUT2D eigenvalue weighted by atomic mass is 35.5. The molecule has 3 rings (SSSR count). The molecule has 0 bridgehead atoms. The van der Waals surface area contributed by atoms with Crippen LogP contribution in [-0.2, 0) is 17.9 Å². The maximum absolute atomic E-state index is 12.3. The van der Waals surface area contributed by atoms with E-state index < -0.39 is 0 Å². The number of ether oxygens (including phenoxy) is 1. The number of carbonyl (C=O) groups excluding carboxylic acids is 1. The summed E-state index contributed by atoms with van der Waals surface area (Å²) >= 11 is 17.3. The standard InChI is InChI=1S/C19H18Cl2N4O2S/c1-27-15-6-3-12(4-7-15)18-23-24-19(28)25(18)9-8-17(26)22-11-13-2-5-14(20)10-16(13)21/h2-7,10H,8-9,11H2,1H3,(H,22,26)(H,24,28). The molecule has 0 aliphatic heterocycles. The molecule has 0 aliphatic carbocycles. The van der Waals surface area contributed by atoms with Gasteiger partial charge >= 0.3 is 0 Å². The second-order valence-electron chi connectivity index (χ2n) is 5.99. The molecule has 0 aliphatic rings. The number of carbonyl (C=O) groups is 1. The number of methoxy groups -OCH3 is 1. The Hall–Kier alpha value is -2.35. The molecule has 0 saturated carbocycles. The Morgan fingerprint density at radius 1 is 1.25 bits per heavy atom. The van der Waals surface area contributed by atoms with Crippen molar-refractivity contribution in [2.75, 3.05) is 7.11 Å². The number of hydrogen-bond donors (Lipinski definition) is 2. The first-order valence-corrected chi connectivity index (χ1v) is 9.64. The molecule has 1 heterocycles. The summed E-state index contributed by atoms with van der Waals surface area (Å²) in [5.74, 6) is 1.31. The zero-order valence-corrected chi connectivity index (χ0v) is 17.4. The lowest BCUT2D eigenvalue weighted by molar-refractivity contribution is -0.121. The van der Waals surface area contributed by atoms with Gasteiger partial charge in [0, 0.05) is 35.1 Å². The second kappa shape index (κ2) is 9.23. The number of H-pyrrole nitrogens is 1. The summed E-state index contributed by atoms with van der Waals surface area (Å²) in [5, 5.41) is 11.0. The molecule has 28 heavy (non-hydrogen) atoms. The van der Waals surface area contributed by atoms with Crippen LogP contribution < -0.4 is 10.1 Å². The fourth-order valence-corrected chi connectivity index (χ4v) is 3.34. The third-order valence-corrected chi connectivity index (χ3v) is 5.06. The number of hydrogen-bond acceptors (Lipinski definition) is 4. The minimum atomic E-state index is -0.116. The number of amides is 1. The topological polar surface area (TPSA) is 71.9 Å². The third kappa shape index (κ3) is 4.92. The number of aromatic amines is 1. The Morgan fingerprint density at radius 3 is 2.68 bits per heavy atom. The van der Waals surface area contributed by atoms with Crippen LogP contribution in [0.15, 0.2) is 42.5 Å². The first kappa shape index (κ1) is 20.4. The highest BCUT2D eigenvalue weighted by Crippen LogP contribution is 2.22. The molecule has 0 saturated heterocycles. The smallest absolute Gasteiger partial charge is 0.222 e. The van der Waals surface area contributed by atoms with Crippen LogP contribution in [0.4, 0.5) is 0 Å². The van der Waals surface area contributed by atoms with Crippen LogP contribution in [0.25, 0.3) is 11.4 Å². The van der Waals surface area contributed by atoms with Crippen molar-refractivity contribution in [2.24, 2.45) is 0 Å². The highest BCUT2D eigenvalue weighted by molar-refractivity contribution is 7.71. The molecule has 2 aromatic carbocycles. The van der Waals surface area contributed by atoms with E-state index in [0.717, 1.165) is 16.9 Å². The van der Waals surface area contributed by atoms with Gasteiger partial charge in [0.2, 0.25) is 5.91 Å². The summed E-state index contributed by atoms with van der Waals surface area (Å²) in [7, 11) is 1.61. The second-order valence-corrected chi connectivity index (χ2v) is 7.23. The van der Waals surface area contributed by atoms with Gasteiger partial charge in [-0.05, 0) is 54.2 Å². The highest BCUT2D eigenvalue weighted by Gasteiger charge is 2.11. The Kier molecular flexibility index (Phi) is 6.72. The first-order valence-electron chi connectivity index (χ1n) is 8.48. The van der Waals surface area contributed by atoms with Crippen molar-refractivity contribution in [1.82, 2.24) is 20.1 Å². The van der Waals surface area contributed by atoms with Gasteiger partial charge in [0.05, 0.1) is 7.11 Å². The van der Waals surface area contributed by atoms with Gasteiger partial charge in [-0.3, -0.25) is 14.5 Å². The summed E-state index contributed by atoms with van der Waals surface area (Å²) in [6, 6.07) is 12.7. The maximum atomic E-state index is 12.3. The molecule has 0 unspecified atom stereocenters. The van der Waals surface area contributed by atoms with Crippen molar-refractivity contribution in [3.05, 3.63) is 62.8 Å². The largest absolute Gasteiger partial charge is 0.497 e. The summed E-state index contributed by atoms with van der Waals surface area (Å²) < 4.78 is 7.43. The molecule has 0 radical (unpaired) electrons. The van der Waals surface area contributed by atoms with Gasteiger partial charge < -0.3 is 10.1 Å². The van der Waals surface area contributed by atoms with Crippen molar-refractivity contribution >= 4 is 41.3 Å². The average molecular weight is 437 g/mol. The molecule has 3 aromatic rings. The monoisotopic (exact) mass is 436 g/mol. The summed E-state index contributed by atoms with van der Waals surface area (Å²) in [4.78, 5) is 12.3. The zero-order valence-electron chi connectivity index (χ0n) is 15.0. The lowest BCUT2D eigenvalue weighted by Crippen LogP contribution is -2.24. The molecule has 146 valence electrons. The lowest BCUT2D eigenvalue weighted by atomic mass is 10.2. The average Bonchev–Trinajstić information content (AvgIpc) is 3.06. The molecule has 9 heteroatoms. The molecule has 0 atom stereocenters. The summed E-state index contributed by atoms with van der Waals surface area (Å²) in [6.07, 6.45) is 0.252. The molecular formula is C19H18Cl2N4O2S. The SMILES string of the molecule is COc1ccc(-c2n[nH]c(=S)n2CCC(=O)NCc2ccc(Cl)cc2Cl)cc1. The molecule has 0 fully saturated rings. The van der Waals surface area contributed by atoms with Crippen molar-refractivity contribution in [3.63, 3.8) is 0 Å². The van der Waals surface area contributed by atoms with Gasteiger partial charge in [-0.15, -0.1) is 0 Å². The normalized spacial score (nSPS) is 10.7. The number of nitrogens with one attached hydrogen (secondary N) is 2. The van der Waals surface area contributed by atoms with Gasteiger partial charge in [-0.1, -0.05) is 29.3 Å². The number of nitrogens with zero attached hydrogens (tertiary/aromatic N) is 2. The van der Waals surface area contributed by atoms with Gasteiger partial charge in [0.15, 0.2) is 10.6 Å². The fraction of sp³-hybridized carbons (Fsp3) is 0.211. The third-order valence-electron chi connectivity index (χ3n) is 4.16. The number of rotatable bonds is 7. The Morgan fingerprint density at radius 2 is 2.00 bits per heavy atom. The summed E-state index contributed by atoms with van der Waals surface area (Å²) in [6.45, 7) is 0.730. The van der Waals surface area contributed by atoms with E-state index in [9.17, 15) is 4.79 Å². The Balaban J connectivity index is 1.63. The van der Waals surface area contributed by atoms with Crippen LogP contribution in [-0.4, -0.2) is 27.8 Å². The Labute approximate surface area is 177 Å². The van der Waals surface area contributed by atoms with Gasteiger partial charge in [0.1, 0.15) is 5.75 Å². The van der Waals surface area contributed by atoms with E-state index in [0.29, 0.717) is 33.7 Å². The molecule has 6 nitrogen and oxygen atoms in total. The lowest BCUT2D eigenvalue weighted by Gasteiger charge is -2.09. The first-order chi connectivity index (χ1) is 13.5. The van der Waals surface area contributed by atoms with E-state index in [1.54, 1.807) is 29.9 Å². The van der Waals surface area contributed by atoms with E-state index in [4.69, 9.17) is 40.2 Å². The fourth-order valence-electron chi connectivity index (χ4n) is 2.65. The van der Waals surface area contributed by atoms with Crippen LogP contribution in [0.5, 0.6) is 5.75 Å². The predicted molar refractivity (Wildman–Crippen MR) is 112 cm³/mol. The number of halogens is 2. The van der Waals surface area contributed by atoms with Gasteiger partial charge in [-0.2, -0.15) is 5.10 Å². The molecular weight excluding hydrogens is 419 g/mol. The van der Waals surface area contributed by atoms with Crippen LogP contribution in [0.3, 0.4) is 0 Å². The zero-order chi connectivity index (χ0) is 20.1. The molecule has 0 spiro atoms. The maximum Gasteiger partial charge on any atom is 0.222 e. The van der Waals surface area contributed by atoms with Crippen molar-refractivity contribution in [2.45, 2.75) is 19.5 Å². The van der Waals surface area contributed by atoms with Crippen LogP contribution in [0, 0.1) is 4.77 Å². The number of benzene rings is 2. The van der Waals surface area contributed by atoms with Crippen LogP contribution >= 0.6 is 35.4 Å². The molecule has 1 aromatic heterocycles. The minimum absolute atomic E-state index is 0.116. The van der Waals surface area contributed by atoms with E-state index in [-0.39, 0.29) is 12.3 Å². The van der Waals surface area contributed by atoms with Crippen LogP contribution in [0.2, 0.25) is 10.0 Å². The van der Waals surface area contributed by atoms with Gasteiger partial charge in [0.25, 0.3) is 0 Å². The molecule has 1 amide bonds. The minimum Gasteiger partial charge on any atom is -0.497 e. The van der Waals surface area contributed by atoms with E-state index in [1.807, 2.05) is 24.3 Å². The predicted octanol–water partition coefficient (Wildman–Crippen LogP) is 4.63. The number of aromatic nitrogens is 3.